The molecule has 5 nitrogen and oxygen atoms in total. The molecule has 0 atom stereocenters. The Balaban J connectivity index is 2.49. The lowest BCUT2D eigenvalue weighted by molar-refractivity contribution is 0.103. The highest BCUT2D eigenvalue weighted by Gasteiger charge is 2.16. The largest absolute Gasteiger partial charge is 0.497 e. The number of nitrogens with one attached hydrogen (secondary N) is 1. The summed E-state index contributed by atoms with van der Waals surface area (Å²) in [6.07, 6.45) is 1.70. The van der Waals surface area contributed by atoms with Crippen LogP contribution in [0.15, 0.2) is 34.6 Å². The highest BCUT2D eigenvalue weighted by atomic mass is 16.5. The molecule has 2 rings (SSSR count). The quantitative estimate of drug-likeness (QED) is 0.676. The van der Waals surface area contributed by atoms with Crippen molar-refractivity contribution in [3.8, 4) is 11.5 Å². The van der Waals surface area contributed by atoms with Crippen molar-refractivity contribution < 1.29 is 14.3 Å². The first-order chi connectivity index (χ1) is 11.4. The van der Waals surface area contributed by atoms with Gasteiger partial charge in [-0.2, -0.15) is 0 Å². The minimum Gasteiger partial charge on any atom is -0.497 e. The van der Waals surface area contributed by atoms with Gasteiger partial charge in [-0.25, -0.2) is 0 Å². The smallest absolute Gasteiger partial charge is 0.259 e. The predicted molar refractivity (Wildman–Crippen MR) is 94.1 cm³/mol. The second-order valence-electron chi connectivity index (χ2n) is 5.60. The standard InChI is InChI=1S/C19H21NO4/c1-11-8-13(3)20-19(22)17(11)18(21)12(2)9-14-10-15(23-4)6-7-16(14)24-5/h6-10H,1-5H3,(H,20,22)/b12-9+. The monoisotopic (exact) mass is 327 g/mol. The number of hydrogen-bond acceptors (Lipinski definition) is 4. The average Bonchev–Trinajstić information content (AvgIpc) is 2.53. The maximum atomic E-state index is 12.7. The lowest BCUT2D eigenvalue weighted by Gasteiger charge is -2.09. The number of carbonyl (C=O) groups excluding carboxylic acids is 1. The van der Waals surface area contributed by atoms with E-state index in [1.165, 1.54) is 0 Å². The first kappa shape index (κ1) is 17.5. The van der Waals surface area contributed by atoms with Crippen LogP contribution in [0, 0.1) is 13.8 Å². The van der Waals surface area contributed by atoms with Gasteiger partial charge in [-0.1, -0.05) is 0 Å². The van der Waals surface area contributed by atoms with Gasteiger partial charge < -0.3 is 14.5 Å². The molecule has 0 bridgehead atoms. The summed E-state index contributed by atoms with van der Waals surface area (Å²) < 4.78 is 10.5. The summed E-state index contributed by atoms with van der Waals surface area (Å²) in [6, 6.07) is 7.12. The number of H-pyrrole nitrogens is 1. The fraction of sp³-hybridized carbons (Fsp3) is 0.263. The Morgan fingerprint density at radius 3 is 2.42 bits per heavy atom. The van der Waals surface area contributed by atoms with E-state index in [-0.39, 0.29) is 16.9 Å². The summed E-state index contributed by atoms with van der Waals surface area (Å²) in [7, 11) is 3.13. The van der Waals surface area contributed by atoms with Gasteiger partial charge in [0.1, 0.15) is 11.5 Å². The summed E-state index contributed by atoms with van der Waals surface area (Å²) >= 11 is 0. The number of carbonyl (C=O) groups is 1. The molecular formula is C19H21NO4. The van der Waals surface area contributed by atoms with Crippen LogP contribution >= 0.6 is 0 Å². The molecule has 0 unspecified atom stereocenters. The van der Waals surface area contributed by atoms with E-state index in [2.05, 4.69) is 4.98 Å². The molecule has 0 aliphatic rings. The van der Waals surface area contributed by atoms with Crippen LogP contribution < -0.4 is 15.0 Å². The van der Waals surface area contributed by atoms with Gasteiger partial charge in [-0.15, -0.1) is 0 Å². The molecule has 0 saturated heterocycles. The van der Waals surface area contributed by atoms with Gasteiger partial charge in [-0.3, -0.25) is 9.59 Å². The second-order valence-corrected chi connectivity index (χ2v) is 5.60. The zero-order chi connectivity index (χ0) is 17.9. The van der Waals surface area contributed by atoms with Gasteiger partial charge in [0.25, 0.3) is 5.56 Å². The van der Waals surface area contributed by atoms with Crippen molar-refractivity contribution in [2.75, 3.05) is 14.2 Å². The highest BCUT2D eigenvalue weighted by molar-refractivity contribution is 6.11. The molecule has 1 aromatic heterocycles. The van der Waals surface area contributed by atoms with Crippen LogP contribution in [0.3, 0.4) is 0 Å². The number of pyridine rings is 1. The van der Waals surface area contributed by atoms with E-state index in [4.69, 9.17) is 9.47 Å². The van der Waals surface area contributed by atoms with Gasteiger partial charge in [0.2, 0.25) is 0 Å². The van der Waals surface area contributed by atoms with Gasteiger partial charge in [-0.05, 0) is 62.2 Å². The summed E-state index contributed by atoms with van der Waals surface area (Å²) in [5, 5.41) is 0. The zero-order valence-corrected chi connectivity index (χ0v) is 14.5. The fourth-order valence-corrected chi connectivity index (χ4v) is 2.58. The van der Waals surface area contributed by atoms with E-state index >= 15 is 0 Å². The molecule has 1 aromatic carbocycles. The summed E-state index contributed by atoms with van der Waals surface area (Å²) in [5.74, 6) is 0.975. The molecule has 0 aliphatic heterocycles. The molecule has 0 amide bonds. The number of hydrogen-bond donors (Lipinski definition) is 1. The number of rotatable bonds is 5. The topological polar surface area (TPSA) is 68.4 Å². The Bertz CT molecular complexity index is 862. The number of Topliss-reactive ketones (excluding diaryl/α,β-unsaturated/α-hetero) is 1. The molecule has 5 heteroatoms. The van der Waals surface area contributed by atoms with Crippen molar-refractivity contribution in [3.05, 3.63) is 62.6 Å². The number of allylic oxidation sites excluding steroid dienone is 1. The zero-order valence-electron chi connectivity index (χ0n) is 14.5. The minimum absolute atomic E-state index is 0.163. The third-order valence-corrected chi connectivity index (χ3v) is 3.76. The fourth-order valence-electron chi connectivity index (χ4n) is 2.58. The average molecular weight is 327 g/mol. The Hall–Kier alpha value is -2.82. The third-order valence-electron chi connectivity index (χ3n) is 3.76. The third kappa shape index (κ3) is 3.56. The molecule has 0 radical (unpaired) electrons. The maximum absolute atomic E-state index is 12.7. The number of aryl methyl sites for hydroxylation is 2. The number of aromatic amines is 1. The van der Waals surface area contributed by atoms with Gasteiger partial charge in [0.05, 0.1) is 19.8 Å². The molecule has 2 aromatic rings. The number of aromatic nitrogens is 1. The highest BCUT2D eigenvalue weighted by Crippen LogP contribution is 2.26. The molecule has 1 N–H and O–H groups in total. The van der Waals surface area contributed by atoms with E-state index in [1.54, 1.807) is 65.3 Å². The summed E-state index contributed by atoms with van der Waals surface area (Å²) in [5.41, 5.74) is 2.33. The summed E-state index contributed by atoms with van der Waals surface area (Å²) in [4.78, 5) is 27.5. The Morgan fingerprint density at radius 1 is 1.12 bits per heavy atom. The number of ketones is 1. The SMILES string of the molecule is COc1ccc(OC)c(/C=C(\C)C(=O)c2c(C)cc(C)[nH]c2=O)c1. The number of benzene rings is 1. The lowest BCUT2D eigenvalue weighted by Crippen LogP contribution is -2.21. The van der Waals surface area contributed by atoms with E-state index < -0.39 is 0 Å². The molecule has 126 valence electrons. The lowest BCUT2D eigenvalue weighted by atomic mass is 9.99. The van der Waals surface area contributed by atoms with E-state index in [0.29, 0.717) is 28.2 Å². The van der Waals surface area contributed by atoms with Crippen molar-refractivity contribution in [3.63, 3.8) is 0 Å². The molecular weight excluding hydrogens is 306 g/mol. The van der Waals surface area contributed by atoms with Crippen LogP contribution in [0.4, 0.5) is 0 Å². The molecule has 0 spiro atoms. The Labute approximate surface area is 140 Å². The Kier molecular flexibility index (Phi) is 5.24. The van der Waals surface area contributed by atoms with Crippen LogP contribution in [0.25, 0.3) is 6.08 Å². The van der Waals surface area contributed by atoms with Crippen LogP contribution in [0.5, 0.6) is 11.5 Å². The van der Waals surface area contributed by atoms with Crippen molar-refractivity contribution in [2.24, 2.45) is 0 Å². The normalized spacial score (nSPS) is 11.3. The summed E-state index contributed by atoms with van der Waals surface area (Å²) in [6.45, 7) is 5.22. The van der Waals surface area contributed by atoms with Gasteiger partial charge >= 0.3 is 0 Å². The van der Waals surface area contributed by atoms with Gasteiger partial charge in [0, 0.05) is 11.3 Å². The molecule has 0 fully saturated rings. The van der Waals surface area contributed by atoms with E-state index in [0.717, 1.165) is 5.69 Å². The molecule has 1 heterocycles. The first-order valence-corrected chi connectivity index (χ1v) is 7.53. The number of methoxy groups -OCH3 is 2. The second kappa shape index (κ2) is 7.17. The van der Waals surface area contributed by atoms with Crippen molar-refractivity contribution in [2.45, 2.75) is 20.8 Å². The van der Waals surface area contributed by atoms with Crippen molar-refractivity contribution in [1.82, 2.24) is 4.98 Å². The number of ether oxygens (including phenoxy) is 2. The van der Waals surface area contributed by atoms with Crippen LogP contribution in [-0.4, -0.2) is 25.0 Å². The first-order valence-electron chi connectivity index (χ1n) is 7.53. The molecule has 24 heavy (non-hydrogen) atoms. The molecule has 0 aliphatic carbocycles. The van der Waals surface area contributed by atoms with Crippen molar-refractivity contribution >= 4 is 11.9 Å². The van der Waals surface area contributed by atoms with E-state index in [1.807, 2.05) is 0 Å². The van der Waals surface area contributed by atoms with E-state index in [9.17, 15) is 9.59 Å². The molecule has 0 saturated carbocycles. The predicted octanol–water partition coefficient (Wildman–Crippen LogP) is 3.30. The Morgan fingerprint density at radius 2 is 1.83 bits per heavy atom. The van der Waals surface area contributed by atoms with Crippen LogP contribution in [0.1, 0.15) is 34.1 Å². The van der Waals surface area contributed by atoms with Crippen molar-refractivity contribution in [1.29, 1.82) is 0 Å². The maximum Gasteiger partial charge on any atom is 0.259 e. The minimum atomic E-state index is -0.372. The van der Waals surface area contributed by atoms with Gasteiger partial charge in [0.15, 0.2) is 5.78 Å². The van der Waals surface area contributed by atoms with Crippen LogP contribution in [0.2, 0.25) is 0 Å². The van der Waals surface area contributed by atoms with Crippen LogP contribution in [-0.2, 0) is 0 Å².